The van der Waals surface area contributed by atoms with Gasteiger partial charge in [0.25, 0.3) is 0 Å². The average molecular weight is 313 g/mol. The molecule has 0 aliphatic carbocycles. The number of aliphatic carboxylic acids is 1. The largest absolute Gasteiger partial charge is 1.00 e. The Morgan fingerprint density at radius 2 is 2.09 bits per heavy atom. The van der Waals surface area contributed by atoms with Crippen LogP contribution in [0.25, 0.3) is 10.9 Å². The van der Waals surface area contributed by atoms with Gasteiger partial charge in [0, 0.05) is 16.9 Å². The molecule has 1 atom stereocenters. The minimum Gasteiger partial charge on any atom is -0.550 e. The zero-order chi connectivity index (χ0) is 15.4. The van der Waals surface area contributed by atoms with Gasteiger partial charge >= 0.3 is 35.5 Å². The van der Waals surface area contributed by atoms with Crippen LogP contribution in [0.5, 0.6) is 0 Å². The van der Waals surface area contributed by atoms with Crippen LogP contribution < -0.4 is 34.7 Å². The number of hydrogen-bond donors (Lipinski definition) is 2. The second-order valence-electron chi connectivity index (χ2n) is 4.68. The van der Waals surface area contributed by atoms with Gasteiger partial charge in [-0.3, -0.25) is 0 Å². The van der Waals surface area contributed by atoms with Gasteiger partial charge in [-0.25, -0.2) is 4.79 Å². The minimum atomic E-state index is -1.19. The maximum absolute atomic E-state index is 11.6. The summed E-state index contributed by atoms with van der Waals surface area (Å²) in [5, 5.41) is 21.1. The third-order valence-corrected chi connectivity index (χ3v) is 3.15. The second-order valence-corrected chi connectivity index (χ2v) is 4.68. The zero-order valence-corrected chi connectivity index (χ0v) is 14.6. The van der Waals surface area contributed by atoms with Crippen LogP contribution >= 0.6 is 0 Å². The van der Waals surface area contributed by atoms with Gasteiger partial charge in [0.1, 0.15) is 5.69 Å². The van der Waals surface area contributed by atoms with Gasteiger partial charge in [-0.15, -0.1) is 0 Å². The van der Waals surface area contributed by atoms with E-state index in [1.165, 1.54) is 0 Å². The number of hydrogen-bond acceptors (Lipinski definition) is 5. The Hall–Kier alpha value is -1.34. The normalized spacial score (nSPS) is 11.7. The minimum absolute atomic E-state index is 0. The Morgan fingerprint density at radius 1 is 1.36 bits per heavy atom. The molecule has 0 radical (unpaired) electrons. The second kappa shape index (κ2) is 8.33. The SMILES string of the molecule is CCOC(=O)c1cc2cc(C(O)CCC(=O)[O-])ccc2[nH]1.[Na+]. The number of H-pyrrole nitrogens is 1. The van der Waals surface area contributed by atoms with Crippen molar-refractivity contribution in [3.8, 4) is 0 Å². The molecule has 0 spiro atoms. The van der Waals surface area contributed by atoms with E-state index in [0.717, 1.165) is 10.9 Å². The fourth-order valence-corrected chi connectivity index (χ4v) is 2.10. The van der Waals surface area contributed by atoms with E-state index < -0.39 is 18.0 Å². The standard InChI is InChI=1S/C15H17NO5.Na/c1-2-21-15(20)12-8-10-7-9(3-4-11(10)16-12)13(17)5-6-14(18)19;/h3-4,7-8,13,16-17H,2,5-6H2,1H3,(H,18,19);/q;+1/p-1. The smallest absolute Gasteiger partial charge is 0.550 e. The molecule has 1 unspecified atom stereocenters. The molecule has 1 aromatic carbocycles. The first-order chi connectivity index (χ1) is 10.0. The maximum Gasteiger partial charge on any atom is 1.00 e. The van der Waals surface area contributed by atoms with Crippen LogP contribution in [0.3, 0.4) is 0 Å². The Kier molecular flexibility index (Phi) is 7.09. The summed E-state index contributed by atoms with van der Waals surface area (Å²) in [5.41, 5.74) is 1.68. The number of fused-ring (bicyclic) bond motifs is 1. The molecule has 1 heterocycles. The van der Waals surface area contributed by atoms with Gasteiger partial charge < -0.3 is 24.7 Å². The van der Waals surface area contributed by atoms with Crippen molar-refractivity contribution < 1.29 is 54.1 Å². The van der Waals surface area contributed by atoms with Gasteiger partial charge in [0.15, 0.2) is 0 Å². The number of carbonyl (C=O) groups excluding carboxylic acids is 2. The number of aromatic nitrogens is 1. The third-order valence-electron chi connectivity index (χ3n) is 3.15. The van der Waals surface area contributed by atoms with E-state index in [1.807, 2.05) is 0 Å². The number of esters is 1. The van der Waals surface area contributed by atoms with Crippen molar-refractivity contribution in [2.45, 2.75) is 25.9 Å². The molecule has 0 bridgehead atoms. The number of carbonyl (C=O) groups is 2. The van der Waals surface area contributed by atoms with Crippen LogP contribution in [0.4, 0.5) is 0 Å². The number of carboxylic acids is 1. The van der Waals surface area contributed by atoms with E-state index in [1.54, 1.807) is 31.2 Å². The Labute approximate surface area is 149 Å². The number of aliphatic hydroxyl groups is 1. The summed E-state index contributed by atoms with van der Waals surface area (Å²) in [6, 6.07) is 6.78. The summed E-state index contributed by atoms with van der Waals surface area (Å²) in [6.07, 6.45) is -1.00. The maximum atomic E-state index is 11.6. The number of aliphatic hydroxyl groups excluding tert-OH is 1. The molecule has 0 amide bonds. The molecule has 0 saturated carbocycles. The van der Waals surface area contributed by atoms with E-state index in [9.17, 15) is 19.8 Å². The van der Waals surface area contributed by atoms with E-state index in [-0.39, 0.29) is 42.4 Å². The van der Waals surface area contributed by atoms with Crippen LogP contribution in [0.2, 0.25) is 0 Å². The van der Waals surface area contributed by atoms with Gasteiger partial charge in [-0.05, 0) is 43.5 Å². The fraction of sp³-hybridized carbons (Fsp3) is 0.333. The van der Waals surface area contributed by atoms with E-state index in [0.29, 0.717) is 17.9 Å². The number of benzene rings is 1. The first-order valence-electron chi connectivity index (χ1n) is 6.69. The number of aromatic amines is 1. The molecular formula is C15H16NNaO5. The van der Waals surface area contributed by atoms with E-state index in [4.69, 9.17) is 4.74 Å². The monoisotopic (exact) mass is 313 g/mol. The van der Waals surface area contributed by atoms with Gasteiger partial charge in [-0.2, -0.15) is 0 Å². The number of ether oxygens (including phenoxy) is 1. The number of rotatable bonds is 6. The van der Waals surface area contributed by atoms with Crippen molar-refractivity contribution in [3.63, 3.8) is 0 Å². The van der Waals surface area contributed by atoms with Crippen molar-refractivity contribution in [1.29, 1.82) is 0 Å². The van der Waals surface area contributed by atoms with Crippen LogP contribution in [0.15, 0.2) is 24.3 Å². The third kappa shape index (κ3) is 4.58. The molecule has 0 fully saturated rings. The first kappa shape index (κ1) is 18.7. The van der Waals surface area contributed by atoms with E-state index >= 15 is 0 Å². The molecular weight excluding hydrogens is 297 g/mol. The van der Waals surface area contributed by atoms with E-state index in [2.05, 4.69) is 4.98 Å². The topological polar surface area (TPSA) is 102 Å². The summed E-state index contributed by atoms with van der Waals surface area (Å²) in [5.74, 6) is -1.63. The average Bonchev–Trinajstić information content (AvgIpc) is 2.87. The predicted octanol–water partition coefficient (Wildman–Crippen LogP) is -2.09. The molecule has 1 aromatic heterocycles. The van der Waals surface area contributed by atoms with Crippen molar-refractivity contribution in [3.05, 3.63) is 35.5 Å². The molecule has 2 rings (SSSR count). The molecule has 0 aliphatic rings. The summed E-state index contributed by atoms with van der Waals surface area (Å²) in [6.45, 7) is 2.02. The van der Waals surface area contributed by atoms with Crippen molar-refractivity contribution in [2.24, 2.45) is 0 Å². The molecule has 22 heavy (non-hydrogen) atoms. The van der Waals surface area contributed by atoms with Gasteiger partial charge in [-0.1, -0.05) is 6.07 Å². The summed E-state index contributed by atoms with van der Waals surface area (Å²) in [7, 11) is 0. The van der Waals surface area contributed by atoms with Crippen LogP contribution in [-0.4, -0.2) is 28.6 Å². The zero-order valence-electron chi connectivity index (χ0n) is 12.6. The first-order valence-corrected chi connectivity index (χ1v) is 6.69. The molecule has 112 valence electrons. The summed E-state index contributed by atoms with van der Waals surface area (Å²) < 4.78 is 4.91. The quantitative estimate of drug-likeness (QED) is 0.470. The number of carboxylic acid groups (broad SMARTS) is 1. The van der Waals surface area contributed by atoms with Crippen LogP contribution in [-0.2, 0) is 9.53 Å². The number of nitrogens with one attached hydrogen (secondary N) is 1. The van der Waals surface area contributed by atoms with Crippen molar-refractivity contribution >= 4 is 22.8 Å². The van der Waals surface area contributed by atoms with Crippen LogP contribution in [0.1, 0.15) is 41.9 Å². The van der Waals surface area contributed by atoms with Crippen molar-refractivity contribution in [2.75, 3.05) is 6.61 Å². The summed E-state index contributed by atoms with van der Waals surface area (Å²) in [4.78, 5) is 25.0. The molecule has 2 N–H and O–H groups in total. The molecule has 0 saturated heterocycles. The van der Waals surface area contributed by atoms with Gasteiger partial charge in [0.05, 0.1) is 12.7 Å². The molecule has 7 heteroatoms. The van der Waals surface area contributed by atoms with Crippen LogP contribution in [0, 0.1) is 0 Å². The fourth-order valence-electron chi connectivity index (χ4n) is 2.10. The predicted molar refractivity (Wildman–Crippen MR) is 73.5 cm³/mol. The molecule has 6 nitrogen and oxygen atoms in total. The van der Waals surface area contributed by atoms with Crippen molar-refractivity contribution in [1.82, 2.24) is 4.98 Å². The Morgan fingerprint density at radius 3 is 2.73 bits per heavy atom. The Balaban J connectivity index is 0.00000242. The molecule has 2 aromatic rings. The van der Waals surface area contributed by atoms with Gasteiger partial charge in [0.2, 0.25) is 0 Å². The molecule has 0 aliphatic heterocycles. The Bertz CT molecular complexity index is 667. The summed E-state index contributed by atoms with van der Waals surface area (Å²) >= 11 is 0.